The summed E-state index contributed by atoms with van der Waals surface area (Å²) in [6.45, 7) is 7.81. The molecule has 2 heterocycles. The largest absolute Gasteiger partial charge is 0.467 e. The molecular weight excluding hydrogens is 356 g/mol. The molecule has 1 saturated carbocycles. The number of amides is 2. The van der Waals surface area contributed by atoms with E-state index in [1.54, 1.807) is 16.1 Å². The van der Waals surface area contributed by atoms with Crippen LogP contribution in [0.1, 0.15) is 65.1 Å². The van der Waals surface area contributed by atoms with E-state index in [1.165, 1.54) is 0 Å². The predicted octanol–water partition coefficient (Wildman–Crippen LogP) is 3.60. The predicted molar refractivity (Wildman–Crippen MR) is 107 cm³/mol. The van der Waals surface area contributed by atoms with Crippen molar-refractivity contribution in [2.75, 3.05) is 19.7 Å². The first-order chi connectivity index (χ1) is 13.3. The molecule has 6 heteroatoms. The minimum absolute atomic E-state index is 0.0480. The second-order valence-corrected chi connectivity index (χ2v) is 9.07. The van der Waals surface area contributed by atoms with Gasteiger partial charge >= 0.3 is 0 Å². The van der Waals surface area contributed by atoms with Gasteiger partial charge in [0.15, 0.2) is 0 Å². The first-order valence-electron chi connectivity index (χ1n) is 10.6. The van der Waals surface area contributed by atoms with Crippen LogP contribution in [-0.2, 0) is 20.9 Å². The topological polar surface area (TPSA) is 63.0 Å². The molecule has 0 unspecified atom stereocenters. The molecule has 0 radical (unpaired) electrons. The van der Waals surface area contributed by atoms with Gasteiger partial charge < -0.3 is 19.0 Å². The molecule has 0 spiro atoms. The molecule has 0 aromatic carbocycles. The Kier molecular flexibility index (Phi) is 6.81. The fourth-order valence-corrected chi connectivity index (χ4v) is 4.15. The molecule has 1 aliphatic carbocycles. The highest BCUT2D eigenvalue weighted by molar-refractivity contribution is 5.86. The SMILES string of the molecule is CC(C)(C)N(CC(=O)N(Cc1ccco1)C[C@@H]1CCCO1)C(=O)C1CCCC1. The van der Waals surface area contributed by atoms with Gasteiger partial charge in [-0.2, -0.15) is 0 Å². The van der Waals surface area contributed by atoms with E-state index in [-0.39, 0.29) is 30.4 Å². The van der Waals surface area contributed by atoms with Gasteiger partial charge in [-0.3, -0.25) is 9.59 Å². The first-order valence-corrected chi connectivity index (χ1v) is 10.6. The molecule has 0 bridgehead atoms. The molecule has 1 aromatic rings. The summed E-state index contributed by atoms with van der Waals surface area (Å²) in [5.41, 5.74) is -0.393. The van der Waals surface area contributed by atoms with Crippen LogP contribution in [0.5, 0.6) is 0 Å². The lowest BCUT2D eigenvalue weighted by Crippen LogP contribution is -2.53. The monoisotopic (exact) mass is 390 g/mol. The van der Waals surface area contributed by atoms with E-state index in [4.69, 9.17) is 9.15 Å². The van der Waals surface area contributed by atoms with Crippen LogP contribution in [0.15, 0.2) is 22.8 Å². The minimum atomic E-state index is -0.393. The van der Waals surface area contributed by atoms with Crippen LogP contribution in [0, 0.1) is 5.92 Å². The van der Waals surface area contributed by atoms with E-state index >= 15 is 0 Å². The summed E-state index contributed by atoms with van der Waals surface area (Å²) >= 11 is 0. The Morgan fingerprint density at radius 1 is 1.14 bits per heavy atom. The first kappa shape index (κ1) is 20.9. The second-order valence-electron chi connectivity index (χ2n) is 9.07. The van der Waals surface area contributed by atoms with Crippen molar-refractivity contribution in [2.24, 2.45) is 5.92 Å². The molecule has 2 fully saturated rings. The van der Waals surface area contributed by atoms with Crippen LogP contribution in [0.3, 0.4) is 0 Å². The van der Waals surface area contributed by atoms with Crippen LogP contribution in [-0.4, -0.2) is 53.0 Å². The van der Waals surface area contributed by atoms with E-state index in [9.17, 15) is 9.59 Å². The Balaban J connectivity index is 1.71. The molecule has 2 aliphatic rings. The number of ether oxygens (including phenoxy) is 1. The van der Waals surface area contributed by atoms with Crippen LogP contribution in [0.25, 0.3) is 0 Å². The lowest BCUT2D eigenvalue weighted by atomic mass is 10.00. The average Bonchev–Trinajstić information content (AvgIpc) is 3.40. The van der Waals surface area contributed by atoms with Crippen LogP contribution in [0.4, 0.5) is 0 Å². The highest BCUT2D eigenvalue weighted by Gasteiger charge is 2.36. The summed E-state index contributed by atoms with van der Waals surface area (Å²) < 4.78 is 11.2. The van der Waals surface area contributed by atoms with Crippen molar-refractivity contribution in [3.05, 3.63) is 24.2 Å². The third kappa shape index (κ3) is 5.37. The zero-order valence-electron chi connectivity index (χ0n) is 17.5. The van der Waals surface area contributed by atoms with Gasteiger partial charge in [0.05, 0.1) is 18.9 Å². The van der Waals surface area contributed by atoms with Crippen molar-refractivity contribution >= 4 is 11.8 Å². The fourth-order valence-electron chi connectivity index (χ4n) is 4.15. The lowest BCUT2D eigenvalue weighted by molar-refractivity contribution is -0.148. The zero-order chi connectivity index (χ0) is 20.1. The van der Waals surface area contributed by atoms with Crippen molar-refractivity contribution < 1.29 is 18.7 Å². The fraction of sp³-hybridized carbons (Fsp3) is 0.727. The summed E-state index contributed by atoms with van der Waals surface area (Å²) in [5.74, 6) is 0.876. The van der Waals surface area contributed by atoms with Crippen LogP contribution >= 0.6 is 0 Å². The average molecular weight is 391 g/mol. The Morgan fingerprint density at radius 3 is 2.46 bits per heavy atom. The molecule has 6 nitrogen and oxygen atoms in total. The second kappa shape index (κ2) is 9.12. The highest BCUT2D eigenvalue weighted by Crippen LogP contribution is 2.29. The summed E-state index contributed by atoms with van der Waals surface area (Å²) in [6.07, 6.45) is 7.75. The number of nitrogens with zero attached hydrogens (tertiary/aromatic N) is 2. The maximum atomic E-state index is 13.3. The van der Waals surface area contributed by atoms with Gasteiger partial charge in [0, 0.05) is 24.6 Å². The van der Waals surface area contributed by atoms with E-state index in [0.29, 0.717) is 13.1 Å². The van der Waals surface area contributed by atoms with Gasteiger partial charge in [0.1, 0.15) is 12.3 Å². The minimum Gasteiger partial charge on any atom is -0.467 e. The molecule has 1 atom stereocenters. The number of furan rings is 1. The smallest absolute Gasteiger partial charge is 0.242 e. The summed E-state index contributed by atoms with van der Waals surface area (Å²) in [5, 5.41) is 0. The number of rotatable bonds is 7. The van der Waals surface area contributed by atoms with Crippen molar-refractivity contribution in [1.82, 2.24) is 9.80 Å². The van der Waals surface area contributed by atoms with Crippen molar-refractivity contribution in [2.45, 2.75) is 77.5 Å². The van der Waals surface area contributed by atoms with Gasteiger partial charge in [0.2, 0.25) is 11.8 Å². The lowest BCUT2D eigenvalue weighted by Gasteiger charge is -2.38. The summed E-state index contributed by atoms with van der Waals surface area (Å²) in [6, 6.07) is 3.70. The van der Waals surface area contributed by atoms with Crippen molar-refractivity contribution in [1.29, 1.82) is 0 Å². The van der Waals surface area contributed by atoms with Crippen molar-refractivity contribution in [3.63, 3.8) is 0 Å². The van der Waals surface area contributed by atoms with E-state index < -0.39 is 5.54 Å². The van der Waals surface area contributed by atoms with Crippen molar-refractivity contribution in [3.8, 4) is 0 Å². The molecular formula is C22H34N2O4. The number of hydrogen-bond donors (Lipinski definition) is 0. The molecule has 1 aromatic heterocycles. The van der Waals surface area contributed by atoms with E-state index in [1.807, 2.05) is 32.9 Å². The van der Waals surface area contributed by atoms with Crippen LogP contribution in [0.2, 0.25) is 0 Å². The highest BCUT2D eigenvalue weighted by atomic mass is 16.5. The van der Waals surface area contributed by atoms with Gasteiger partial charge in [-0.05, 0) is 58.6 Å². The summed E-state index contributed by atoms with van der Waals surface area (Å²) in [4.78, 5) is 30.0. The Bertz CT molecular complexity index is 638. The Hall–Kier alpha value is -1.82. The molecule has 2 amide bonds. The van der Waals surface area contributed by atoms with Gasteiger partial charge in [-0.1, -0.05) is 12.8 Å². The third-order valence-corrected chi connectivity index (χ3v) is 5.80. The molecule has 156 valence electrons. The van der Waals surface area contributed by atoms with E-state index in [2.05, 4.69) is 0 Å². The maximum Gasteiger partial charge on any atom is 0.242 e. The van der Waals surface area contributed by atoms with E-state index in [0.717, 1.165) is 50.9 Å². The van der Waals surface area contributed by atoms with Gasteiger partial charge in [-0.25, -0.2) is 0 Å². The third-order valence-electron chi connectivity index (χ3n) is 5.80. The summed E-state index contributed by atoms with van der Waals surface area (Å²) in [7, 11) is 0. The Labute approximate surface area is 168 Å². The normalized spacial score (nSPS) is 20.5. The molecule has 0 N–H and O–H groups in total. The molecule has 3 rings (SSSR count). The van der Waals surface area contributed by atoms with Gasteiger partial charge in [0.25, 0.3) is 0 Å². The van der Waals surface area contributed by atoms with Gasteiger partial charge in [-0.15, -0.1) is 0 Å². The Morgan fingerprint density at radius 2 is 1.89 bits per heavy atom. The molecule has 1 saturated heterocycles. The number of hydrogen-bond acceptors (Lipinski definition) is 4. The van der Waals surface area contributed by atoms with Crippen LogP contribution < -0.4 is 0 Å². The molecule has 1 aliphatic heterocycles. The molecule has 28 heavy (non-hydrogen) atoms. The quantitative estimate of drug-likeness (QED) is 0.714. The number of carbonyl (C=O) groups excluding carboxylic acids is 2. The maximum absolute atomic E-state index is 13.3. The standard InChI is InChI=1S/C22H34N2O4/c1-22(2,3)24(21(26)17-8-4-5-9-17)16-20(25)23(14-18-10-6-12-27-18)15-19-11-7-13-28-19/h6,10,12,17,19H,4-5,7-9,11,13-16H2,1-3H3/t19-/m0/s1. The number of carbonyl (C=O) groups is 2. The zero-order valence-corrected chi connectivity index (χ0v) is 17.5.